The van der Waals surface area contributed by atoms with Crippen LogP contribution in [0.3, 0.4) is 0 Å². The second kappa shape index (κ2) is 9.65. The van der Waals surface area contributed by atoms with E-state index in [0.29, 0.717) is 0 Å². The molecule has 0 bridgehead atoms. The first-order chi connectivity index (χ1) is 18.1. The summed E-state index contributed by atoms with van der Waals surface area (Å²) in [5.41, 5.74) is 6.61. The molecule has 0 aliphatic carbocycles. The van der Waals surface area contributed by atoms with E-state index in [0.717, 1.165) is 55.4 Å². The standard InChI is InChI=1S/C29H31N2O4S2/c1-6-17(11-18-7-9-30-20-13-22(32-2)24(34-4)15-26(20)36-28(18)30)12-19-8-10-31-21-14-23(33-3)25(35-5)16-27(21)37-29(19)31/h11-16H,6-10H2,1-5H3/q+1. The Morgan fingerprint density at radius 2 is 1.65 bits per heavy atom. The lowest BCUT2D eigenvalue weighted by atomic mass is 10.0. The van der Waals surface area contributed by atoms with Crippen LogP contribution in [-0.4, -0.2) is 35.0 Å². The van der Waals surface area contributed by atoms with Crippen molar-refractivity contribution in [3.63, 3.8) is 0 Å². The van der Waals surface area contributed by atoms with Crippen molar-refractivity contribution < 1.29 is 23.5 Å². The molecule has 0 saturated carbocycles. The molecular weight excluding hydrogens is 504 g/mol. The minimum absolute atomic E-state index is 0.777. The molecule has 3 aliphatic heterocycles. The number of benzene rings is 2. The van der Waals surface area contributed by atoms with Crippen molar-refractivity contribution in [1.29, 1.82) is 0 Å². The van der Waals surface area contributed by atoms with Gasteiger partial charge in [-0.25, -0.2) is 0 Å². The van der Waals surface area contributed by atoms with Crippen LogP contribution < -0.4 is 28.4 Å². The zero-order valence-electron chi connectivity index (χ0n) is 21.8. The number of anilines is 1. The van der Waals surface area contributed by atoms with Crippen molar-refractivity contribution in [1.82, 2.24) is 0 Å². The highest BCUT2D eigenvalue weighted by molar-refractivity contribution is 8.03. The van der Waals surface area contributed by atoms with E-state index in [9.17, 15) is 0 Å². The normalized spacial score (nSPS) is 17.5. The molecule has 4 heterocycles. The quantitative estimate of drug-likeness (QED) is 0.319. The molecule has 37 heavy (non-hydrogen) atoms. The van der Waals surface area contributed by atoms with E-state index in [-0.39, 0.29) is 0 Å². The number of nitrogens with zero attached hydrogens (tertiary/aromatic N) is 2. The van der Waals surface area contributed by atoms with Crippen LogP contribution in [0, 0.1) is 0 Å². The maximum absolute atomic E-state index is 5.56. The van der Waals surface area contributed by atoms with Crippen LogP contribution in [0.4, 0.5) is 5.69 Å². The second-order valence-corrected chi connectivity index (χ2v) is 11.3. The molecule has 0 amide bonds. The molecule has 1 aromatic heterocycles. The molecule has 3 aromatic rings. The van der Waals surface area contributed by atoms with Gasteiger partial charge in [-0.2, -0.15) is 4.57 Å². The molecule has 0 atom stereocenters. The summed E-state index contributed by atoms with van der Waals surface area (Å²) in [6.07, 6.45) is 7.91. The second-order valence-electron chi connectivity index (χ2n) is 9.24. The first kappa shape index (κ1) is 24.2. The van der Waals surface area contributed by atoms with Gasteiger partial charge in [0.1, 0.15) is 4.70 Å². The number of methoxy groups -OCH3 is 4. The molecular formula is C29H31N2O4S2+. The third-order valence-electron chi connectivity index (χ3n) is 7.30. The van der Waals surface area contributed by atoms with Gasteiger partial charge in [-0.3, -0.25) is 0 Å². The molecule has 6 nitrogen and oxygen atoms in total. The van der Waals surface area contributed by atoms with Gasteiger partial charge in [-0.15, -0.1) is 0 Å². The summed E-state index contributed by atoms with van der Waals surface area (Å²) >= 11 is 3.67. The molecule has 2 aromatic carbocycles. The van der Waals surface area contributed by atoms with Gasteiger partial charge in [0.15, 0.2) is 29.5 Å². The highest BCUT2D eigenvalue weighted by Crippen LogP contribution is 2.54. The van der Waals surface area contributed by atoms with Gasteiger partial charge in [-0.05, 0) is 30.1 Å². The average Bonchev–Trinajstić information content (AvgIpc) is 3.68. The summed E-state index contributed by atoms with van der Waals surface area (Å²) in [4.78, 5) is 3.65. The minimum Gasteiger partial charge on any atom is -0.493 e. The first-order valence-corrected chi connectivity index (χ1v) is 14.2. The number of aromatic nitrogens is 1. The van der Waals surface area contributed by atoms with Gasteiger partial charge in [0.2, 0.25) is 5.52 Å². The van der Waals surface area contributed by atoms with E-state index < -0.39 is 0 Å². The van der Waals surface area contributed by atoms with Crippen LogP contribution in [0.5, 0.6) is 23.0 Å². The molecule has 8 heteroatoms. The lowest BCUT2D eigenvalue weighted by Crippen LogP contribution is -2.30. The molecule has 0 spiro atoms. The fraction of sp³-hybridized carbons (Fsp3) is 0.345. The Hall–Kier alpha value is -3.10. The molecule has 0 fully saturated rings. The predicted octanol–water partition coefficient (Wildman–Crippen LogP) is 6.57. The topological polar surface area (TPSA) is 44.0 Å². The number of thioether (sulfide) groups is 1. The molecule has 0 saturated heterocycles. The number of hydrogen-bond acceptors (Lipinski definition) is 7. The Morgan fingerprint density at radius 3 is 2.38 bits per heavy atom. The monoisotopic (exact) mass is 535 g/mol. The Kier molecular flexibility index (Phi) is 6.32. The molecule has 0 unspecified atom stereocenters. The number of thiazole rings is 1. The van der Waals surface area contributed by atoms with Crippen LogP contribution in [-0.2, 0) is 6.54 Å². The van der Waals surface area contributed by atoms with Crippen LogP contribution in [0.25, 0.3) is 15.8 Å². The number of fused-ring (bicyclic) bond motifs is 6. The van der Waals surface area contributed by atoms with Gasteiger partial charge in [0.05, 0.1) is 45.2 Å². The zero-order valence-corrected chi connectivity index (χ0v) is 23.5. The number of allylic oxidation sites excluding steroid dienone is 4. The molecule has 0 radical (unpaired) electrons. The van der Waals surface area contributed by atoms with Gasteiger partial charge in [0.25, 0.3) is 5.01 Å². The molecule has 0 N–H and O–H groups in total. The van der Waals surface area contributed by atoms with Crippen molar-refractivity contribution in [2.75, 3.05) is 39.9 Å². The Balaban J connectivity index is 1.34. The molecule has 6 rings (SSSR count). The van der Waals surface area contributed by atoms with E-state index in [1.807, 2.05) is 23.1 Å². The highest BCUT2D eigenvalue weighted by atomic mass is 32.2. The largest absolute Gasteiger partial charge is 0.493 e. The van der Waals surface area contributed by atoms with Crippen molar-refractivity contribution in [2.45, 2.75) is 37.6 Å². The maximum Gasteiger partial charge on any atom is 0.266 e. The summed E-state index contributed by atoms with van der Waals surface area (Å²) in [5.74, 6) is 3.11. The Labute approximate surface area is 225 Å². The molecule has 3 aliphatic rings. The zero-order chi connectivity index (χ0) is 25.7. The SMILES string of the molecule is CCC(=CC1=C2Sc3cc(OC)c(OC)cc3N2CC1)C=C1CC[n+]2c1sc1cc(OC)c(OC)cc12. The van der Waals surface area contributed by atoms with E-state index >= 15 is 0 Å². The average molecular weight is 536 g/mol. The lowest BCUT2D eigenvalue weighted by molar-refractivity contribution is -0.659. The number of aryl methyl sites for hydroxylation is 1. The summed E-state index contributed by atoms with van der Waals surface area (Å²) in [6, 6.07) is 8.40. The lowest BCUT2D eigenvalue weighted by Gasteiger charge is -2.16. The third kappa shape index (κ3) is 3.97. The highest BCUT2D eigenvalue weighted by Gasteiger charge is 2.34. The van der Waals surface area contributed by atoms with E-state index in [1.165, 1.54) is 47.6 Å². The van der Waals surface area contributed by atoms with E-state index in [4.69, 9.17) is 18.9 Å². The number of ether oxygens (including phenoxy) is 4. The van der Waals surface area contributed by atoms with Crippen LogP contribution in [0.1, 0.15) is 31.2 Å². The summed E-state index contributed by atoms with van der Waals surface area (Å²) in [6.45, 7) is 4.23. The third-order valence-corrected chi connectivity index (χ3v) is 9.75. The number of hydrogen-bond donors (Lipinski definition) is 0. The fourth-order valence-corrected chi connectivity index (χ4v) is 7.86. The first-order valence-electron chi connectivity index (χ1n) is 12.5. The van der Waals surface area contributed by atoms with Crippen molar-refractivity contribution in [3.8, 4) is 23.0 Å². The summed E-state index contributed by atoms with van der Waals surface area (Å²) in [7, 11) is 6.77. The van der Waals surface area contributed by atoms with Crippen LogP contribution in [0.15, 0.2) is 57.5 Å². The van der Waals surface area contributed by atoms with Gasteiger partial charge in [-0.1, -0.05) is 36.1 Å². The molecule has 192 valence electrons. The van der Waals surface area contributed by atoms with Gasteiger partial charge in [0, 0.05) is 41.6 Å². The maximum atomic E-state index is 5.56. The van der Waals surface area contributed by atoms with Crippen LogP contribution in [0.2, 0.25) is 0 Å². The van der Waals surface area contributed by atoms with E-state index in [1.54, 1.807) is 28.4 Å². The van der Waals surface area contributed by atoms with Crippen molar-refractivity contribution in [3.05, 3.63) is 57.6 Å². The van der Waals surface area contributed by atoms with Crippen molar-refractivity contribution in [2.24, 2.45) is 0 Å². The van der Waals surface area contributed by atoms with E-state index in [2.05, 4.69) is 52.8 Å². The Bertz CT molecular complexity index is 1500. The summed E-state index contributed by atoms with van der Waals surface area (Å²) in [5, 5.41) is 2.66. The summed E-state index contributed by atoms with van der Waals surface area (Å²) < 4.78 is 25.8. The van der Waals surface area contributed by atoms with Gasteiger partial charge >= 0.3 is 0 Å². The minimum atomic E-state index is 0.777. The number of rotatable bonds is 7. The van der Waals surface area contributed by atoms with Crippen molar-refractivity contribution >= 4 is 44.6 Å². The van der Waals surface area contributed by atoms with Gasteiger partial charge < -0.3 is 23.8 Å². The smallest absolute Gasteiger partial charge is 0.266 e. The van der Waals surface area contributed by atoms with Crippen LogP contribution >= 0.6 is 23.1 Å². The predicted molar refractivity (Wildman–Crippen MR) is 150 cm³/mol. The Morgan fingerprint density at radius 1 is 0.946 bits per heavy atom. The fourth-order valence-electron chi connectivity index (χ4n) is 5.38.